The fourth-order valence-corrected chi connectivity index (χ4v) is 3.99. The molecule has 2 saturated heterocycles. The highest BCUT2D eigenvalue weighted by Crippen LogP contribution is 2.37. The van der Waals surface area contributed by atoms with E-state index in [0.717, 1.165) is 43.2 Å². The highest BCUT2D eigenvalue weighted by molar-refractivity contribution is 6.30. The van der Waals surface area contributed by atoms with Gasteiger partial charge in [0.2, 0.25) is 0 Å². The van der Waals surface area contributed by atoms with E-state index >= 15 is 0 Å². The van der Waals surface area contributed by atoms with Crippen LogP contribution in [0.1, 0.15) is 39.0 Å². The number of likely N-dealkylation sites (tertiary alicyclic amines) is 1. The van der Waals surface area contributed by atoms with Crippen molar-refractivity contribution >= 4 is 23.5 Å². The van der Waals surface area contributed by atoms with Gasteiger partial charge in [0, 0.05) is 10.9 Å². The maximum absolute atomic E-state index is 9.10. The summed E-state index contributed by atoms with van der Waals surface area (Å²) in [5, 5.41) is 15.5. The Morgan fingerprint density at radius 3 is 2.39 bits per heavy atom. The zero-order valence-corrected chi connectivity index (χ0v) is 18.7. The molecule has 1 aromatic carbocycles. The fourth-order valence-electron chi connectivity index (χ4n) is 3.87. The van der Waals surface area contributed by atoms with Crippen LogP contribution in [0, 0.1) is 5.92 Å². The Morgan fingerprint density at radius 2 is 1.81 bits per heavy atom. The van der Waals surface area contributed by atoms with E-state index in [2.05, 4.69) is 11.8 Å². The minimum absolute atomic E-state index is 0.393. The lowest BCUT2D eigenvalue weighted by Gasteiger charge is -2.44. The van der Waals surface area contributed by atoms with Crippen molar-refractivity contribution in [1.82, 2.24) is 4.90 Å². The van der Waals surface area contributed by atoms with Crippen LogP contribution in [0.3, 0.4) is 0 Å². The Labute approximate surface area is 188 Å². The molecule has 2 heterocycles. The van der Waals surface area contributed by atoms with Gasteiger partial charge in [0.25, 0.3) is 0 Å². The maximum atomic E-state index is 9.10. The van der Waals surface area contributed by atoms with Gasteiger partial charge in [-0.25, -0.2) is 9.59 Å². The van der Waals surface area contributed by atoms with Gasteiger partial charge >= 0.3 is 11.9 Å². The molecule has 8 nitrogen and oxygen atoms in total. The van der Waals surface area contributed by atoms with Gasteiger partial charge < -0.3 is 24.4 Å². The normalized spacial score (nSPS) is 20.1. The Kier molecular flexibility index (Phi) is 10.5. The molecule has 9 heteroatoms. The minimum atomic E-state index is -1.82. The third-order valence-electron chi connectivity index (χ3n) is 5.45. The number of carbonyl (C=O) groups is 2. The number of carboxylic acids is 2. The Morgan fingerprint density at radius 1 is 1.16 bits per heavy atom. The van der Waals surface area contributed by atoms with E-state index in [-0.39, 0.29) is 0 Å². The fraction of sp³-hybridized carbons (Fsp3) is 0.636. The van der Waals surface area contributed by atoms with Gasteiger partial charge in [0.15, 0.2) is 5.79 Å². The summed E-state index contributed by atoms with van der Waals surface area (Å²) in [5.74, 6) is -2.81. The van der Waals surface area contributed by atoms with Crippen LogP contribution >= 0.6 is 11.6 Å². The van der Waals surface area contributed by atoms with E-state index in [9.17, 15) is 0 Å². The minimum Gasteiger partial charge on any atom is -0.494 e. The molecule has 1 atom stereocenters. The summed E-state index contributed by atoms with van der Waals surface area (Å²) >= 11 is 5.92. The quantitative estimate of drug-likeness (QED) is 0.451. The van der Waals surface area contributed by atoms with Crippen molar-refractivity contribution in [2.24, 2.45) is 5.92 Å². The number of rotatable bonds is 8. The van der Waals surface area contributed by atoms with Crippen molar-refractivity contribution in [1.29, 1.82) is 0 Å². The number of hydrogen-bond acceptors (Lipinski definition) is 6. The summed E-state index contributed by atoms with van der Waals surface area (Å²) in [6, 6.07) is 7.54. The zero-order valence-electron chi connectivity index (χ0n) is 17.9. The second kappa shape index (κ2) is 12.9. The average Bonchev–Trinajstić information content (AvgIpc) is 3.20. The van der Waals surface area contributed by atoms with Gasteiger partial charge in [-0.05, 0) is 56.6 Å². The summed E-state index contributed by atoms with van der Waals surface area (Å²) in [6.07, 6.45) is 5.87. The van der Waals surface area contributed by atoms with Gasteiger partial charge in [-0.3, -0.25) is 4.90 Å². The Bertz CT molecular complexity index is 680. The largest absolute Gasteiger partial charge is 0.494 e. The molecule has 0 amide bonds. The number of carboxylic acid groups (broad SMARTS) is 2. The van der Waals surface area contributed by atoms with Gasteiger partial charge in [0.05, 0.1) is 26.4 Å². The summed E-state index contributed by atoms with van der Waals surface area (Å²) in [5.41, 5.74) is 0. The third kappa shape index (κ3) is 8.29. The first-order chi connectivity index (χ1) is 14.9. The molecule has 2 aliphatic rings. The van der Waals surface area contributed by atoms with E-state index in [1.165, 1.54) is 19.3 Å². The Hall–Kier alpha value is -1.87. The molecule has 0 aromatic heterocycles. The molecular formula is C22H32ClNO7. The number of unbranched alkanes of at least 4 members (excludes halogenated alkanes) is 2. The molecular weight excluding hydrogens is 426 g/mol. The van der Waals surface area contributed by atoms with Crippen molar-refractivity contribution in [3.8, 4) is 5.75 Å². The molecule has 1 spiro atoms. The van der Waals surface area contributed by atoms with Crippen LogP contribution < -0.4 is 4.74 Å². The molecule has 2 aliphatic heterocycles. The number of piperidine rings is 1. The van der Waals surface area contributed by atoms with Gasteiger partial charge in [-0.1, -0.05) is 31.4 Å². The molecule has 0 bridgehead atoms. The summed E-state index contributed by atoms with van der Waals surface area (Å²) in [4.78, 5) is 20.7. The number of ether oxygens (including phenoxy) is 3. The SMILES string of the molecule is CCCCCN1CCC(CCOc2ccc(Cl)cc2)C2(C1)OCCO2.O=C(O)C(=O)O. The predicted molar refractivity (Wildman–Crippen MR) is 116 cm³/mol. The second-order valence-corrected chi connectivity index (χ2v) is 8.12. The monoisotopic (exact) mass is 457 g/mol. The van der Waals surface area contributed by atoms with Crippen LogP contribution in [-0.2, 0) is 19.1 Å². The first kappa shape index (κ1) is 25.4. The highest BCUT2D eigenvalue weighted by atomic mass is 35.5. The number of hydrogen-bond donors (Lipinski definition) is 2. The summed E-state index contributed by atoms with van der Waals surface area (Å²) in [7, 11) is 0. The van der Waals surface area contributed by atoms with Crippen molar-refractivity contribution in [3.05, 3.63) is 29.3 Å². The van der Waals surface area contributed by atoms with E-state index in [1.807, 2.05) is 24.3 Å². The zero-order chi connectivity index (χ0) is 22.7. The van der Waals surface area contributed by atoms with Gasteiger partial charge in [0.1, 0.15) is 5.75 Å². The first-order valence-corrected chi connectivity index (χ1v) is 11.1. The molecule has 1 aromatic rings. The Balaban J connectivity index is 0.000000501. The van der Waals surface area contributed by atoms with Crippen molar-refractivity contribution < 1.29 is 34.0 Å². The van der Waals surface area contributed by atoms with Crippen molar-refractivity contribution in [3.63, 3.8) is 0 Å². The third-order valence-corrected chi connectivity index (χ3v) is 5.70. The molecule has 0 radical (unpaired) electrons. The predicted octanol–water partition coefficient (Wildman–Crippen LogP) is 3.52. The molecule has 3 rings (SSSR count). The number of halogens is 1. The molecule has 1 unspecified atom stereocenters. The molecule has 31 heavy (non-hydrogen) atoms. The smallest absolute Gasteiger partial charge is 0.414 e. The standard InChI is InChI=1S/C20H30ClNO3.C2H2O4/c1-2-3-4-11-22-12-9-17(20(16-22)24-14-15-25-20)10-13-23-19-7-5-18(21)6-8-19;3-1(4)2(5)6/h5-8,17H,2-4,9-16H2,1H3;(H,3,4)(H,5,6). The average molecular weight is 458 g/mol. The van der Waals surface area contributed by atoms with Crippen LogP contribution in [0.4, 0.5) is 0 Å². The van der Waals surface area contributed by atoms with E-state index in [1.54, 1.807) is 0 Å². The van der Waals surface area contributed by atoms with Crippen molar-refractivity contribution in [2.45, 2.75) is 44.8 Å². The number of benzene rings is 1. The molecule has 2 fully saturated rings. The molecule has 2 N–H and O–H groups in total. The lowest BCUT2D eigenvalue weighted by molar-refractivity contribution is -0.226. The van der Waals surface area contributed by atoms with Gasteiger partial charge in [-0.2, -0.15) is 0 Å². The number of aliphatic carboxylic acids is 2. The lowest BCUT2D eigenvalue weighted by atomic mass is 9.87. The summed E-state index contributed by atoms with van der Waals surface area (Å²) in [6.45, 7) is 7.51. The molecule has 174 valence electrons. The second-order valence-electron chi connectivity index (χ2n) is 7.68. The van der Waals surface area contributed by atoms with Crippen LogP contribution in [0.2, 0.25) is 5.02 Å². The maximum Gasteiger partial charge on any atom is 0.414 e. The van der Waals surface area contributed by atoms with Crippen LogP contribution in [0.25, 0.3) is 0 Å². The van der Waals surface area contributed by atoms with Crippen molar-refractivity contribution in [2.75, 3.05) is 39.5 Å². The van der Waals surface area contributed by atoms with E-state index < -0.39 is 17.7 Å². The topological polar surface area (TPSA) is 106 Å². The first-order valence-electron chi connectivity index (χ1n) is 10.7. The van der Waals surface area contributed by atoms with Crippen LogP contribution in [-0.4, -0.2) is 72.3 Å². The molecule has 0 aliphatic carbocycles. The van der Waals surface area contributed by atoms with E-state index in [0.29, 0.717) is 25.7 Å². The van der Waals surface area contributed by atoms with Gasteiger partial charge in [-0.15, -0.1) is 0 Å². The summed E-state index contributed by atoms with van der Waals surface area (Å²) < 4.78 is 18.1. The highest BCUT2D eigenvalue weighted by Gasteiger charge is 2.47. The molecule has 0 saturated carbocycles. The number of nitrogens with zero attached hydrogens (tertiary/aromatic N) is 1. The lowest BCUT2D eigenvalue weighted by Crippen LogP contribution is -2.55. The van der Waals surface area contributed by atoms with E-state index in [4.69, 9.17) is 45.6 Å². The van der Waals surface area contributed by atoms with Crippen LogP contribution in [0.5, 0.6) is 5.75 Å². The van der Waals surface area contributed by atoms with Crippen LogP contribution in [0.15, 0.2) is 24.3 Å².